The van der Waals surface area contributed by atoms with E-state index >= 15 is 0 Å². The van der Waals surface area contributed by atoms with Crippen LogP contribution in [0.15, 0.2) is 71.1 Å². The van der Waals surface area contributed by atoms with E-state index in [0.717, 1.165) is 12.0 Å². The minimum atomic E-state index is -0.251. The Morgan fingerprint density at radius 1 is 1.07 bits per heavy atom. The maximum atomic E-state index is 12.3. The van der Waals surface area contributed by atoms with E-state index in [0.29, 0.717) is 34.2 Å². The van der Waals surface area contributed by atoms with E-state index in [9.17, 15) is 4.79 Å². The van der Waals surface area contributed by atoms with E-state index in [1.165, 1.54) is 5.56 Å². The number of benzene rings is 3. The minimum absolute atomic E-state index is 0.0770. The number of carbonyl (C=O) groups excluding carboxylic acids is 1. The summed E-state index contributed by atoms with van der Waals surface area (Å²) in [5, 5.41) is 2.82. The topological polar surface area (TPSA) is 73.6 Å². The van der Waals surface area contributed by atoms with Crippen LogP contribution in [0.5, 0.6) is 11.5 Å². The van der Waals surface area contributed by atoms with Crippen LogP contribution in [0.1, 0.15) is 12.5 Å². The Morgan fingerprint density at radius 2 is 1.87 bits per heavy atom. The number of methoxy groups -OCH3 is 1. The summed E-state index contributed by atoms with van der Waals surface area (Å²) >= 11 is 0. The molecule has 30 heavy (non-hydrogen) atoms. The zero-order valence-electron chi connectivity index (χ0n) is 16.8. The van der Waals surface area contributed by atoms with Gasteiger partial charge in [-0.1, -0.05) is 31.2 Å². The molecule has 0 aliphatic carbocycles. The van der Waals surface area contributed by atoms with Crippen molar-refractivity contribution in [1.29, 1.82) is 0 Å². The standard InChI is InChI=1S/C24H22N2O4/c1-3-16-8-11-18(12-9-16)29-15-23(27)25-17-10-13-20-22(14-17)30-24(26-20)19-6-4-5-7-21(19)28-2/h4-14H,3,15H2,1-2H3,(H,25,27). The zero-order chi connectivity index (χ0) is 20.9. The molecule has 6 heteroatoms. The Hall–Kier alpha value is -3.80. The van der Waals surface area contributed by atoms with Gasteiger partial charge in [-0.2, -0.15) is 0 Å². The van der Waals surface area contributed by atoms with E-state index < -0.39 is 0 Å². The predicted molar refractivity (Wildman–Crippen MR) is 116 cm³/mol. The molecular weight excluding hydrogens is 380 g/mol. The molecule has 152 valence electrons. The van der Waals surface area contributed by atoms with Crippen molar-refractivity contribution in [1.82, 2.24) is 4.98 Å². The molecule has 0 radical (unpaired) electrons. The molecular formula is C24H22N2O4. The van der Waals surface area contributed by atoms with Crippen molar-refractivity contribution < 1.29 is 18.7 Å². The van der Waals surface area contributed by atoms with Crippen LogP contribution in [-0.2, 0) is 11.2 Å². The van der Waals surface area contributed by atoms with Crippen LogP contribution in [-0.4, -0.2) is 24.6 Å². The fourth-order valence-corrected chi connectivity index (χ4v) is 3.11. The van der Waals surface area contributed by atoms with Crippen LogP contribution in [0.25, 0.3) is 22.6 Å². The number of anilines is 1. The van der Waals surface area contributed by atoms with Crippen molar-refractivity contribution in [2.45, 2.75) is 13.3 Å². The van der Waals surface area contributed by atoms with Gasteiger partial charge in [-0.05, 0) is 48.4 Å². The first-order chi connectivity index (χ1) is 14.7. The molecule has 0 aliphatic rings. The summed E-state index contributed by atoms with van der Waals surface area (Å²) in [7, 11) is 1.61. The van der Waals surface area contributed by atoms with E-state index in [1.54, 1.807) is 25.3 Å². The van der Waals surface area contributed by atoms with Gasteiger partial charge in [-0.15, -0.1) is 0 Å². The molecule has 0 unspecified atom stereocenters. The SMILES string of the molecule is CCc1ccc(OCC(=O)Nc2ccc3nc(-c4ccccc4OC)oc3c2)cc1. The molecule has 1 aromatic heterocycles. The zero-order valence-corrected chi connectivity index (χ0v) is 16.8. The lowest BCUT2D eigenvalue weighted by molar-refractivity contribution is -0.118. The molecule has 6 nitrogen and oxygen atoms in total. The number of carbonyl (C=O) groups is 1. The maximum absolute atomic E-state index is 12.3. The first-order valence-corrected chi connectivity index (χ1v) is 9.72. The van der Waals surface area contributed by atoms with Gasteiger partial charge in [-0.3, -0.25) is 4.79 Å². The Kier molecular flexibility index (Phi) is 5.66. The number of amides is 1. The van der Waals surface area contributed by atoms with Crippen molar-refractivity contribution in [2.24, 2.45) is 0 Å². The Morgan fingerprint density at radius 3 is 2.63 bits per heavy atom. The summed E-state index contributed by atoms with van der Waals surface area (Å²) in [4.78, 5) is 16.8. The minimum Gasteiger partial charge on any atom is -0.496 e. The predicted octanol–water partition coefficient (Wildman–Crippen LogP) is 5.08. The molecule has 0 bridgehead atoms. The van der Waals surface area contributed by atoms with Crippen LogP contribution >= 0.6 is 0 Å². The fraction of sp³-hybridized carbons (Fsp3) is 0.167. The summed E-state index contributed by atoms with van der Waals surface area (Å²) in [5.74, 6) is 1.55. The quantitative estimate of drug-likeness (QED) is 0.466. The number of fused-ring (bicyclic) bond motifs is 1. The van der Waals surface area contributed by atoms with Crippen molar-refractivity contribution in [3.05, 3.63) is 72.3 Å². The number of nitrogens with zero attached hydrogens (tertiary/aromatic N) is 1. The van der Waals surface area contributed by atoms with Gasteiger partial charge in [0.1, 0.15) is 17.0 Å². The highest BCUT2D eigenvalue weighted by atomic mass is 16.5. The van der Waals surface area contributed by atoms with E-state index in [-0.39, 0.29) is 12.5 Å². The highest BCUT2D eigenvalue weighted by Crippen LogP contribution is 2.32. The van der Waals surface area contributed by atoms with E-state index in [1.807, 2.05) is 48.5 Å². The van der Waals surface area contributed by atoms with Crippen molar-refractivity contribution in [3.63, 3.8) is 0 Å². The molecule has 4 rings (SSSR count). The number of ether oxygens (including phenoxy) is 2. The molecule has 4 aromatic rings. The van der Waals surface area contributed by atoms with Gasteiger partial charge < -0.3 is 19.2 Å². The highest BCUT2D eigenvalue weighted by molar-refractivity contribution is 5.94. The average molecular weight is 402 g/mol. The number of nitrogens with one attached hydrogen (secondary N) is 1. The number of aromatic nitrogens is 1. The molecule has 0 saturated carbocycles. The molecule has 0 saturated heterocycles. The third kappa shape index (κ3) is 4.27. The van der Waals surface area contributed by atoms with Gasteiger partial charge in [-0.25, -0.2) is 4.98 Å². The van der Waals surface area contributed by atoms with Gasteiger partial charge in [0, 0.05) is 11.8 Å². The van der Waals surface area contributed by atoms with E-state index in [4.69, 9.17) is 13.9 Å². The van der Waals surface area contributed by atoms with Gasteiger partial charge >= 0.3 is 0 Å². The molecule has 1 N–H and O–H groups in total. The molecule has 0 atom stereocenters. The second-order valence-electron chi connectivity index (χ2n) is 6.74. The third-order valence-corrected chi connectivity index (χ3v) is 4.71. The molecule has 0 aliphatic heterocycles. The number of hydrogen-bond acceptors (Lipinski definition) is 5. The first-order valence-electron chi connectivity index (χ1n) is 9.72. The normalized spacial score (nSPS) is 10.7. The monoisotopic (exact) mass is 402 g/mol. The van der Waals surface area contributed by atoms with Crippen LogP contribution in [0, 0.1) is 0 Å². The Bertz CT molecular complexity index is 1170. The van der Waals surface area contributed by atoms with Crippen molar-refractivity contribution >= 4 is 22.7 Å². The molecule has 0 fully saturated rings. The lowest BCUT2D eigenvalue weighted by Crippen LogP contribution is -2.20. The van der Waals surface area contributed by atoms with Gasteiger partial charge in [0.15, 0.2) is 12.2 Å². The van der Waals surface area contributed by atoms with E-state index in [2.05, 4.69) is 17.2 Å². The van der Waals surface area contributed by atoms with Crippen molar-refractivity contribution in [2.75, 3.05) is 19.0 Å². The molecule has 0 spiro atoms. The summed E-state index contributed by atoms with van der Waals surface area (Å²) in [5.41, 5.74) is 3.87. The highest BCUT2D eigenvalue weighted by Gasteiger charge is 2.13. The largest absolute Gasteiger partial charge is 0.496 e. The number of aryl methyl sites for hydroxylation is 1. The Balaban J connectivity index is 1.44. The van der Waals surface area contributed by atoms with Crippen molar-refractivity contribution in [3.8, 4) is 23.0 Å². The second-order valence-corrected chi connectivity index (χ2v) is 6.74. The number of para-hydroxylation sites is 1. The maximum Gasteiger partial charge on any atom is 0.262 e. The summed E-state index contributed by atoms with van der Waals surface area (Å²) in [6.07, 6.45) is 0.962. The summed E-state index contributed by atoms with van der Waals surface area (Å²) in [6.45, 7) is 2.01. The van der Waals surface area contributed by atoms with Gasteiger partial charge in [0.25, 0.3) is 5.91 Å². The molecule has 1 amide bonds. The first kappa shape index (κ1) is 19.5. The van der Waals surface area contributed by atoms with Crippen LogP contribution in [0.3, 0.4) is 0 Å². The molecule has 3 aromatic carbocycles. The average Bonchev–Trinajstić information content (AvgIpc) is 3.21. The summed E-state index contributed by atoms with van der Waals surface area (Å²) < 4.78 is 16.8. The summed E-state index contributed by atoms with van der Waals surface area (Å²) in [6, 6.07) is 20.6. The lowest BCUT2D eigenvalue weighted by Gasteiger charge is -2.08. The number of hydrogen-bond donors (Lipinski definition) is 1. The molecule has 1 heterocycles. The number of rotatable bonds is 7. The van der Waals surface area contributed by atoms with Gasteiger partial charge in [0.05, 0.1) is 12.7 Å². The fourth-order valence-electron chi connectivity index (χ4n) is 3.11. The van der Waals surface area contributed by atoms with Crippen LogP contribution in [0.4, 0.5) is 5.69 Å². The smallest absolute Gasteiger partial charge is 0.262 e. The van der Waals surface area contributed by atoms with Crippen LogP contribution < -0.4 is 14.8 Å². The third-order valence-electron chi connectivity index (χ3n) is 4.71. The van der Waals surface area contributed by atoms with Gasteiger partial charge in [0.2, 0.25) is 5.89 Å². The van der Waals surface area contributed by atoms with Crippen LogP contribution in [0.2, 0.25) is 0 Å². The number of oxazole rings is 1. The second kappa shape index (κ2) is 8.69. The Labute approximate surface area is 174 Å². The lowest BCUT2D eigenvalue weighted by atomic mass is 10.2.